The normalized spacial score (nSPS) is 22.5. The molecule has 1 heterocycles. The summed E-state index contributed by atoms with van der Waals surface area (Å²) in [4.78, 5) is 118. The molecule has 0 radical (unpaired) electrons. The summed E-state index contributed by atoms with van der Waals surface area (Å²) < 4.78 is 49.6. The number of rotatable bonds is 20. The van der Waals surface area contributed by atoms with Gasteiger partial charge in [0.15, 0.2) is 0 Å². The summed E-state index contributed by atoms with van der Waals surface area (Å²) in [5, 5.41) is 16.2. The van der Waals surface area contributed by atoms with Crippen molar-refractivity contribution >= 4 is 63.8 Å². The van der Waals surface area contributed by atoms with E-state index in [9.17, 15) is 51.6 Å². The molecular weight excluding hydrogens is 951 g/mol. The van der Waals surface area contributed by atoms with Crippen LogP contribution < -0.4 is 47.7 Å². The van der Waals surface area contributed by atoms with Crippen LogP contribution in [-0.2, 0) is 58.1 Å². The number of hydrogen-bond donors (Lipinski definition) is 10. The third-order valence-corrected chi connectivity index (χ3v) is 11.1. The van der Waals surface area contributed by atoms with Crippen molar-refractivity contribution in [2.24, 2.45) is 17.1 Å². The van der Waals surface area contributed by atoms with Crippen molar-refractivity contribution in [2.45, 2.75) is 130 Å². The van der Waals surface area contributed by atoms with Crippen LogP contribution in [0.4, 0.5) is 9.59 Å². The standard InChI is InChI=1S/C46H73N9O15S/c1-8-11-12-13-14-15-16-17-18-21-31(68-7)26-36-46(5,6)43(62)69-35(30(4)10-3)23-24-37(56)52-32(20-9-2)42(61)54-33(22-19-25-48-45(64)55-71(65,66)67)40(59)49-28-38(57)53-34(27-51-44(47)63)41(60)50-29-39(58)70-36/h13-14,16-18,20-21,23-24,30-31,33-36H,8-12,15,19,22,25-29H2,1-7H3,(H,49,59)(H,50,60)(H,52,56)(H,53,57)(H,54,61)(H3,47,51,63)(H2,48,55,64)(H,65,66,67)/b14-13-,17-16+,21-18+,24-23+,32-20+/t30?,31-,33+,34?,35-,36?/m0/s1. The van der Waals surface area contributed by atoms with Crippen molar-refractivity contribution in [1.29, 1.82) is 0 Å². The smallest absolute Gasteiger partial charge is 0.361 e. The summed E-state index contributed by atoms with van der Waals surface area (Å²) >= 11 is 0. The Labute approximate surface area is 415 Å². The molecule has 0 aromatic carbocycles. The van der Waals surface area contributed by atoms with Crippen molar-refractivity contribution in [2.75, 3.05) is 33.3 Å². The fraction of sp³-hybridized carbons (Fsp3) is 0.587. The number of hydrogen-bond acceptors (Lipinski definition) is 14. The molecule has 3 unspecified atom stereocenters. The van der Waals surface area contributed by atoms with Gasteiger partial charge in [0.25, 0.3) is 5.91 Å². The second-order valence-corrected chi connectivity index (χ2v) is 18.0. The van der Waals surface area contributed by atoms with Gasteiger partial charge in [0, 0.05) is 32.7 Å². The predicted molar refractivity (Wildman–Crippen MR) is 260 cm³/mol. The van der Waals surface area contributed by atoms with Gasteiger partial charge < -0.3 is 57.2 Å². The van der Waals surface area contributed by atoms with E-state index in [0.29, 0.717) is 12.8 Å². The quantitative estimate of drug-likeness (QED) is 0.0205. The molecule has 0 aromatic heterocycles. The minimum atomic E-state index is -4.88. The molecule has 0 saturated carbocycles. The largest absolute Gasteiger partial charge is 0.460 e. The number of carbonyl (C=O) groups excluding carboxylic acids is 9. The van der Waals surface area contributed by atoms with E-state index in [1.807, 2.05) is 19.1 Å². The highest BCUT2D eigenvalue weighted by atomic mass is 32.2. The van der Waals surface area contributed by atoms with Gasteiger partial charge in [-0.15, -0.1) is 0 Å². The summed E-state index contributed by atoms with van der Waals surface area (Å²) in [5.41, 5.74) is 3.32. The maximum atomic E-state index is 14.2. The molecule has 0 spiro atoms. The highest BCUT2D eigenvalue weighted by Crippen LogP contribution is 2.31. The van der Waals surface area contributed by atoms with Gasteiger partial charge in [0.1, 0.15) is 36.5 Å². The molecule has 9 amide bonds. The molecule has 1 rings (SSSR count). The summed E-state index contributed by atoms with van der Waals surface area (Å²) in [5.74, 6) is -6.94. The lowest BCUT2D eigenvalue weighted by atomic mass is 9.83. The average Bonchev–Trinajstić information content (AvgIpc) is 3.30. The van der Waals surface area contributed by atoms with E-state index in [-0.39, 0.29) is 43.8 Å². The summed E-state index contributed by atoms with van der Waals surface area (Å²) in [6.45, 7) is 7.90. The van der Waals surface area contributed by atoms with E-state index in [1.165, 1.54) is 37.8 Å². The first-order chi connectivity index (χ1) is 33.5. The number of ether oxygens (including phenoxy) is 3. The van der Waals surface area contributed by atoms with Gasteiger partial charge in [0.2, 0.25) is 23.6 Å². The molecule has 6 atom stereocenters. The van der Waals surface area contributed by atoms with Crippen LogP contribution in [0.15, 0.2) is 60.4 Å². The Morgan fingerprint density at radius 1 is 0.944 bits per heavy atom. The number of unbranched alkanes of at least 4 members (excludes halogenated alkanes) is 2. The number of amides is 9. The van der Waals surface area contributed by atoms with Gasteiger partial charge in [-0.2, -0.15) is 8.42 Å². The van der Waals surface area contributed by atoms with Gasteiger partial charge in [-0.05, 0) is 64.4 Å². The zero-order valence-corrected chi connectivity index (χ0v) is 42.3. The first-order valence-electron chi connectivity index (χ1n) is 23.3. The third-order valence-electron chi connectivity index (χ3n) is 10.6. The second kappa shape index (κ2) is 33.1. The fourth-order valence-corrected chi connectivity index (χ4v) is 6.56. The van der Waals surface area contributed by atoms with Crippen LogP contribution in [-0.4, -0.2) is 130 Å². The Morgan fingerprint density at radius 3 is 2.27 bits per heavy atom. The van der Waals surface area contributed by atoms with E-state index in [0.717, 1.165) is 25.3 Å². The lowest BCUT2D eigenvalue weighted by molar-refractivity contribution is -0.176. The molecule has 1 aliphatic heterocycles. The molecule has 24 nitrogen and oxygen atoms in total. The lowest BCUT2D eigenvalue weighted by Crippen LogP contribution is -2.56. The number of urea groups is 2. The van der Waals surface area contributed by atoms with E-state index in [4.69, 9.17) is 24.5 Å². The minimum Gasteiger partial charge on any atom is -0.460 e. The average molecular weight is 1020 g/mol. The SMILES string of the molecule is CC/C=C1/NC(=O)/C=C/[C@@H](C(C)CC)OC(=O)C(C)(C)C(C[C@H](/C=C/C=C/C/C=C\CCCC)OC)OC(=O)CNC(=O)C(CNC(N)=O)NC(=O)CNC(=O)[C@@H](CCCNC(=O)NS(=O)(=O)O)NC1=O. The number of primary amides is 1. The van der Waals surface area contributed by atoms with E-state index in [1.54, 1.807) is 26.0 Å². The number of nitrogens with two attached hydrogens (primary N) is 1. The van der Waals surface area contributed by atoms with Crippen LogP contribution in [0.25, 0.3) is 0 Å². The molecule has 11 N–H and O–H groups in total. The zero-order valence-electron chi connectivity index (χ0n) is 41.5. The lowest BCUT2D eigenvalue weighted by Gasteiger charge is -2.35. The molecule has 0 saturated heterocycles. The number of nitrogens with one attached hydrogen (secondary N) is 8. The second-order valence-electron chi connectivity index (χ2n) is 16.8. The maximum absolute atomic E-state index is 14.2. The van der Waals surface area contributed by atoms with Gasteiger partial charge in [0.05, 0.1) is 18.1 Å². The van der Waals surface area contributed by atoms with E-state index in [2.05, 4.69) is 56.3 Å². The molecule has 0 bridgehead atoms. The molecule has 0 fully saturated rings. The summed E-state index contributed by atoms with van der Waals surface area (Å²) in [6.07, 6.45) is 16.3. The molecule has 71 heavy (non-hydrogen) atoms. The van der Waals surface area contributed by atoms with Crippen LogP contribution in [0.5, 0.6) is 0 Å². The van der Waals surface area contributed by atoms with Crippen LogP contribution >= 0.6 is 0 Å². The van der Waals surface area contributed by atoms with Gasteiger partial charge >= 0.3 is 34.3 Å². The fourth-order valence-electron chi connectivity index (χ4n) is 6.26. The zero-order chi connectivity index (χ0) is 53.6. The van der Waals surface area contributed by atoms with Crippen molar-refractivity contribution < 1.29 is 70.3 Å². The minimum absolute atomic E-state index is 0.0702. The molecule has 0 aliphatic carbocycles. The number of methoxy groups -OCH3 is 1. The Kier molecular flexibility index (Phi) is 29.1. The number of cyclic esters (lactones) is 2. The Bertz CT molecular complexity index is 2090. The Morgan fingerprint density at radius 2 is 1.63 bits per heavy atom. The first kappa shape index (κ1) is 62.4. The molecule has 398 valence electrons. The van der Waals surface area contributed by atoms with Crippen molar-refractivity contribution in [3.8, 4) is 0 Å². The predicted octanol–water partition coefficient (Wildman–Crippen LogP) is 1.27. The van der Waals surface area contributed by atoms with Gasteiger partial charge in [-0.1, -0.05) is 83.1 Å². The number of carbonyl (C=O) groups is 9. The Hall–Kier alpha value is -6.60. The van der Waals surface area contributed by atoms with Crippen LogP contribution in [0.3, 0.4) is 0 Å². The van der Waals surface area contributed by atoms with Crippen molar-refractivity contribution in [3.05, 3.63) is 60.4 Å². The van der Waals surface area contributed by atoms with Crippen molar-refractivity contribution in [3.63, 3.8) is 0 Å². The van der Waals surface area contributed by atoms with Gasteiger partial charge in [-0.25, -0.2) is 14.3 Å². The van der Waals surface area contributed by atoms with Crippen LogP contribution in [0.1, 0.15) is 99.3 Å². The molecular formula is C46H73N9O15S. The molecule has 1 aliphatic rings. The van der Waals surface area contributed by atoms with Gasteiger partial charge in [-0.3, -0.25) is 38.1 Å². The monoisotopic (exact) mass is 1020 g/mol. The summed E-state index contributed by atoms with van der Waals surface area (Å²) in [6, 6.07) is -5.41. The highest BCUT2D eigenvalue weighted by Gasteiger charge is 2.43. The highest BCUT2D eigenvalue weighted by molar-refractivity contribution is 7.84. The Balaban J connectivity index is 3.72. The van der Waals surface area contributed by atoms with Crippen LogP contribution in [0, 0.1) is 11.3 Å². The third kappa shape index (κ3) is 26.3. The molecule has 25 heteroatoms. The van der Waals surface area contributed by atoms with Crippen molar-refractivity contribution in [1.82, 2.24) is 41.9 Å². The van der Waals surface area contributed by atoms with E-state index >= 15 is 0 Å². The maximum Gasteiger partial charge on any atom is 0.361 e. The first-order valence-corrected chi connectivity index (χ1v) is 24.7. The molecule has 0 aromatic rings. The van der Waals surface area contributed by atoms with Crippen LogP contribution in [0.2, 0.25) is 0 Å². The summed E-state index contributed by atoms with van der Waals surface area (Å²) in [7, 11) is -3.45. The number of esters is 2. The topological polar surface area (TPSA) is 358 Å². The van der Waals surface area contributed by atoms with E-state index < -0.39 is 119 Å². The number of allylic oxidation sites excluding steroid dienone is 6.